The Balaban J connectivity index is 0.00000242. The molecule has 0 spiro atoms. The van der Waals surface area contributed by atoms with E-state index in [1.807, 2.05) is 17.8 Å². The molecular formula is C15H21BrClFN2OS. The maximum absolute atomic E-state index is 13.6. The smallest absolute Gasteiger partial charge is 0.221 e. The molecule has 1 unspecified atom stereocenters. The third kappa shape index (κ3) is 6.86. The molecule has 1 atom stereocenters. The lowest BCUT2D eigenvalue weighted by atomic mass is 10.1. The second-order valence-electron chi connectivity index (χ2n) is 5.12. The van der Waals surface area contributed by atoms with Crippen LogP contribution in [-0.2, 0) is 11.2 Å². The summed E-state index contributed by atoms with van der Waals surface area (Å²) in [7, 11) is 0. The Morgan fingerprint density at radius 2 is 2.32 bits per heavy atom. The van der Waals surface area contributed by atoms with E-state index >= 15 is 0 Å². The number of hydrogen-bond acceptors (Lipinski definition) is 3. The van der Waals surface area contributed by atoms with Gasteiger partial charge < -0.3 is 10.6 Å². The molecule has 0 aliphatic carbocycles. The quantitative estimate of drug-likeness (QED) is 0.707. The van der Waals surface area contributed by atoms with Gasteiger partial charge in [-0.3, -0.25) is 4.79 Å². The summed E-state index contributed by atoms with van der Waals surface area (Å²) in [5, 5.41) is 6.25. The Kier molecular flexibility index (Phi) is 9.40. The van der Waals surface area contributed by atoms with Crippen molar-refractivity contribution in [3.63, 3.8) is 0 Å². The summed E-state index contributed by atoms with van der Waals surface area (Å²) in [5.41, 5.74) is 0.692. The third-order valence-corrected chi connectivity index (χ3v) is 5.01. The van der Waals surface area contributed by atoms with E-state index in [1.54, 1.807) is 6.07 Å². The lowest BCUT2D eigenvalue weighted by Crippen LogP contribution is -2.41. The first-order valence-electron chi connectivity index (χ1n) is 7.17. The molecule has 0 radical (unpaired) electrons. The molecule has 1 fully saturated rings. The number of nitrogens with one attached hydrogen (secondary N) is 2. The van der Waals surface area contributed by atoms with E-state index in [4.69, 9.17) is 0 Å². The highest BCUT2D eigenvalue weighted by molar-refractivity contribution is 9.10. The minimum absolute atomic E-state index is 0. The molecule has 1 aromatic carbocycles. The Morgan fingerprint density at radius 3 is 3.00 bits per heavy atom. The molecule has 3 nitrogen and oxygen atoms in total. The summed E-state index contributed by atoms with van der Waals surface area (Å²) in [4.78, 5) is 11.8. The van der Waals surface area contributed by atoms with Gasteiger partial charge in [0.05, 0.1) is 0 Å². The van der Waals surface area contributed by atoms with E-state index in [2.05, 4.69) is 26.6 Å². The minimum atomic E-state index is -0.195. The zero-order chi connectivity index (χ0) is 15.1. The van der Waals surface area contributed by atoms with Crippen molar-refractivity contribution in [2.45, 2.75) is 25.3 Å². The van der Waals surface area contributed by atoms with Gasteiger partial charge in [0, 0.05) is 41.5 Å². The van der Waals surface area contributed by atoms with Crippen molar-refractivity contribution < 1.29 is 9.18 Å². The first kappa shape index (κ1) is 19.7. The van der Waals surface area contributed by atoms with Crippen LogP contribution in [0.15, 0.2) is 22.7 Å². The number of aryl methyl sites for hydroxylation is 1. The zero-order valence-electron chi connectivity index (χ0n) is 12.2. The Hall–Kier alpha value is -0.300. The number of carbonyl (C=O) groups is 1. The highest BCUT2D eigenvalue weighted by atomic mass is 79.9. The number of hydrogen-bond donors (Lipinski definition) is 2. The summed E-state index contributed by atoms with van der Waals surface area (Å²) in [5.74, 6) is 2.00. The van der Waals surface area contributed by atoms with E-state index in [9.17, 15) is 9.18 Å². The van der Waals surface area contributed by atoms with Crippen LogP contribution in [-0.4, -0.2) is 36.5 Å². The van der Waals surface area contributed by atoms with Crippen LogP contribution < -0.4 is 10.6 Å². The van der Waals surface area contributed by atoms with E-state index in [1.165, 1.54) is 6.07 Å². The van der Waals surface area contributed by atoms with E-state index < -0.39 is 0 Å². The topological polar surface area (TPSA) is 41.1 Å². The second-order valence-corrected chi connectivity index (χ2v) is 7.18. The lowest BCUT2D eigenvalue weighted by molar-refractivity contribution is -0.121. The van der Waals surface area contributed by atoms with Crippen molar-refractivity contribution in [1.82, 2.24) is 10.6 Å². The van der Waals surface area contributed by atoms with Crippen molar-refractivity contribution in [1.29, 1.82) is 0 Å². The van der Waals surface area contributed by atoms with E-state index in [0.717, 1.165) is 28.9 Å². The molecule has 1 heterocycles. The Bertz CT molecular complexity index is 487. The second kappa shape index (κ2) is 10.5. The highest BCUT2D eigenvalue weighted by Gasteiger charge is 2.16. The van der Waals surface area contributed by atoms with Gasteiger partial charge in [0.1, 0.15) is 5.82 Å². The average Bonchev–Trinajstić information content (AvgIpc) is 2.46. The normalized spacial score (nSPS) is 17.6. The van der Waals surface area contributed by atoms with Gasteiger partial charge in [-0.2, -0.15) is 11.8 Å². The van der Waals surface area contributed by atoms with Gasteiger partial charge in [-0.05, 0) is 30.5 Å². The van der Waals surface area contributed by atoms with Crippen molar-refractivity contribution in [3.8, 4) is 0 Å². The van der Waals surface area contributed by atoms with Gasteiger partial charge in [0.2, 0.25) is 5.91 Å². The predicted octanol–water partition coefficient (Wildman–Crippen LogP) is 3.15. The molecule has 7 heteroatoms. The van der Waals surface area contributed by atoms with Crippen molar-refractivity contribution >= 4 is 46.0 Å². The summed E-state index contributed by atoms with van der Waals surface area (Å²) in [6, 6.07) is 5.38. The lowest BCUT2D eigenvalue weighted by Gasteiger charge is -2.22. The first-order chi connectivity index (χ1) is 10.1. The molecule has 0 bridgehead atoms. The molecule has 124 valence electrons. The molecule has 0 saturated carbocycles. The number of carbonyl (C=O) groups excluding carboxylic acids is 1. The van der Waals surface area contributed by atoms with Gasteiger partial charge >= 0.3 is 0 Å². The summed E-state index contributed by atoms with van der Waals surface area (Å²) < 4.78 is 14.4. The number of thioether (sulfide) groups is 1. The molecule has 1 amide bonds. The summed E-state index contributed by atoms with van der Waals surface area (Å²) in [6.45, 7) is 1.57. The largest absolute Gasteiger partial charge is 0.356 e. The highest BCUT2D eigenvalue weighted by Crippen LogP contribution is 2.16. The maximum atomic E-state index is 13.6. The third-order valence-electron chi connectivity index (χ3n) is 3.39. The molecule has 22 heavy (non-hydrogen) atoms. The van der Waals surface area contributed by atoms with Gasteiger partial charge in [0.15, 0.2) is 0 Å². The van der Waals surface area contributed by atoms with Crippen LogP contribution >= 0.6 is 40.1 Å². The van der Waals surface area contributed by atoms with Crippen molar-refractivity contribution in [2.24, 2.45) is 0 Å². The SMILES string of the molecule is Cl.O=C(CC1CSCCN1)NCCCc1ccc(Br)cc1F. The van der Waals surface area contributed by atoms with E-state index in [0.29, 0.717) is 24.9 Å². The fourth-order valence-electron chi connectivity index (χ4n) is 2.28. The number of rotatable bonds is 6. The monoisotopic (exact) mass is 410 g/mol. The van der Waals surface area contributed by atoms with Crippen LogP contribution in [0, 0.1) is 5.82 Å². The fourth-order valence-corrected chi connectivity index (χ4v) is 3.56. The number of halogens is 3. The Labute approximate surface area is 149 Å². The van der Waals surface area contributed by atoms with Gasteiger partial charge in [0.25, 0.3) is 0 Å². The number of amides is 1. The standard InChI is InChI=1S/C15H20BrFN2OS.ClH/c16-12-4-3-11(14(17)8-12)2-1-5-19-15(20)9-13-10-21-7-6-18-13;/h3-4,8,13,18H,1-2,5-7,9-10H2,(H,19,20);1H. The predicted molar refractivity (Wildman–Crippen MR) is 96.4 cm³/mol. The maximum Gasteiger partial charge on any atom is 0.221 e. The van der Waals surface area contributed by atoms with Crippen LogP contribution in [0.1, 0.15) is 18.4 Å². The summed E-state index contributed by atoms with van der Waals surface area (Å²) >= 11 is 5.12. The fraction of sp³-hybridized carbons (Fsp3) is 0.533. The number of benzene rings is 1. The first-order valence-corrected chi connectivity index (χ1v) is 9.11. The molecule has 1 saturated heterocycles. The van der Waals surface area contributed by atoms with Crippen LogP contribution in [0.5, 0.6) is 0 Å². The van der Waals surface area contributed by atoms with Gasteiger partial charge in [-0.25, -0.2) is 4.39 Å². The minimum Gasteiger partial charge on any atom is -0.356 e. The average molecular weight is 412 g/mol. The Morgan fingerprint density at radius 1 is 1.50 bits per heavy atom. The molecule has 2 N–H and O–H groups in total. The van der Waals surface area contributed by atoms with Crippen LogP contribution in [0.25, 0.3) is 0 Å². The molecule has 2 rings (SSSR count). The molecule has 1 aliphatic heterocycles. The molecule has 1 aromatic rings. The van der Waals surface area contributed by atoms with Crippen LogP contribution in [0.3, 0.4) is 0 Å². The summed E-state index contributed by atoms with van der Waals surface area (Å²) in [6.07, 6.45) is 1.91. The van der Waals surface area contributed by atoms with Crippen molar-refractivity contribution in [2.75, 3.05) is 24.6 Å². The van der Waals surface area contributed by atoms with Gasteiger partial charge in [-0.15, -0.1) is 12.4 Å². The molecular weight excluding hydrogens is 391 g/mol. The zero-order valence-corrected chi connectivity index (χ0v) is 15.5. The van der Waals surface area contributed by atoms with Crippen LogP contribution in [0.4, 0.5) is 4.39 Å². The van der Waals surface area contributed by atoms with Crippen molar-refractivity contribution in [3.05, 3.63) is 34.1 Å². The van der Waals surface area contributed by atoms with Crippen LogP contribution in [0.2, 0.25) is 0 Å². The molecule has 0 aromatic heterocycles. The molecule has 1 aliphatic rings. The van der Waals surface area contributed by atoms with E-state index in [-0.39, 0.29) is 30.2 Å². The van der Waals surface area contributed by atoms with Gasteiger partial charge in [-0.1, -0.05) is 22.0 Å².